The average molecular weight is 244 g/mol. The van der Waals surface area contributed by atoms with Gasteiger partial charge in [0, 0.05) is 13.0 Å². The van der Waals surface area contributed by atoms with Gasteiger partial charge in [-0.3, -0.25) is 4.79 Å². The summed E-state index contributed by atoms with van der Waals surface area (Å²) in [7, 11) is 0. The van der Waals surface area contributed by atoms with Crippen LogP contribution < -0.4 is 0 Å². The van der Waals surface area contributed by atoms with Crippen LogP contribution in [0.4, 0.5) is 0 Å². The zero-order valence-electron chi connectivity index (χ0n) is 11.1. The van der Waals surface area contributed by atoms with Crippen molar-refractivity contribution in [2.75, 3.05) is 0 Å². The van der Waals surface area contributed by atoms with Crippen LogP contribution in [0.2, 0.25) is 0 Å². The van der Waals surface area contributed by atoms with E-state index in [1.165, 1.54) is 0 Å². The van der Waals surface area contributed by atoms with Gasteiger partial charge in [0.15, 0.2) is 0 Å². The number of aromatic nitrogens is 2. The van der Waals surface area contributed by atoms with Crippen molar-refractivity contribution < 1.29 is 4.79 Å². The number of carbonyl (C=O) groups is 1. The van der Waals surface area contributed by atoms with Crippen LogP contribution in [0, 0.1) is 0 Å². The standard InChI is InChI=1S/C15H20N2O/c1-3-5-8-12(18)11-15-16-13-9-6-7-10-14(13)17(15)4-2/h6-7,9-10H,3-5,8,11H2,1-2H3. The molecule has 0 amide bonds. The summed E-state index contributed by atoms with van der Waals surface area (Å²) in [6.07, 6.45) is 3.17. The molecule has 3 heteroatoms. The van der Waals surface area contributed by atoms with Crippen LogP contribution in [-0.4, -0.2) is 15.3 Å². The van der Waals surface area contributed by atoms with E-state index in [4.69, 9.17) is 0 Å². The molecule has 0 aliphatic carbocycles. The number of imidazole rings is 1. The zero-order chi connectivity index (χ0) is 13.0. The number of benzene rings is 1. The molecule has 0 saturated heterocycles. The van der Waals surface area contributed by atoms with Crippen LogP contribution in [0.5, 0.6) is 0 Å². The first-order valence-electron chi connectivity index (χ1n) is 6.72. The Hall–Kier alpha value is -1.64. The molecule has 1 heterocycles. The van der Waals surface area contributed by atoms with Crippen molar-refractivity contribution in [1.82, 2.24) is 9.55 Å². The number of ketones is 1. The van der Waals surface area contributed by atoms with Crippen LogP contribution in [0.1, 0.15) is 38.9 Å². The lowest BCUT2D eigenvalue weighted by Crippen LogP contribution is -2.09. The van der Waals surface area contributed by atoms with Crippen molar-refractivity contribution >= 4 is 16.8 Å². The van der Waals surface area contributed by atoms with Crippen LogP contribution >= 0.6 is 0 Å². The van der Waals surface area contributed by atoms with E-state index in [2.05, 4.69) is 29.5 Å². The minimum atomic E-state index is 0.293. The van der Waals surface area contributed by atoms with E-state index in [0.717, 1.165) is 36.2 Å². The van der Waals surface area contributed by atoms with E-state index in [9.17, 15) is 4.79 Å². The number of carbonyl (C=O) groups excluding carboxylic acids is 1. The van der Waals surface area contributed by atoms with Crippen molar-refractivity contribution in [3.05, 3.63) is 30.1 Å². The minimum absolute atomic E-state index is 0.293. The second kappa shape index (κ2) is 5.80. The number of hydrogen-bond donors (Lipinski definition) is 0. The van der Waals surface area contributed by atoms with Gasteiger partial charge in [0.05, 0.1) is 17.5 Å². The van der Waals surface area contributed by atoms with Gasteiger partial charge < -0.3 is 4.57 Å². The fourth-order valence-corrected chi connectivity index (χ4v) is 2.25. The Kier molecular flexibility index (Phi) is 4.13. The van der Waals surface area contributed by atoms with Crippen LogP contribution in [0.3, 0.4) is 0 Å². The molecule has 0 radical (unpaired) electrons. The number of hydrogen-bond acceptors (Lipinski definition) is 2. The van der Waals surface area contributed by atoms with Gasteiger partial charge in [0.1, 0.15) is 11.6 Å². The molecule has 2 rings (SSSR count). The maximum atomic E-state index is 11.9. The number of rotatable bonds is 6. The van der Waals surface area contributed by atoms with Gasteiger partial charge in [-0.05, 0) is 25.5 Å². The van der Waals surface area contributed by atoms with Gasteiger partial charge in [0.25, 0.3) is 0 Å². The fourth-order valence-electron chi connectivity index (χ4n) is 2.25. The highest BCUT2D eigenvalue weighted by Crippen LogP contribution is 2.16. The smallest absolute Gasteiger partial charge is 0.140 e. The highest BCUT2D eigenvalue weighted by molar-refractivity contribution is 5.82. The summed E-state index contributed by atoms with van der Waals surface area (Å²) in [4.78, 5) is 16.4. The quantitative estimate of drug-likeness (QED) is 0.781. The summed E-state index contributed by atoms with van der Waals surface area (Å²) in [5.41, 5.74) is 2.11. The van der Waals surface area contributed by atoms with Crippen molar-refractivity contribution in [2.24, 2.45) is 0 Å². The number of fused-ring (bicyclic) bond motifs is 1. The Morgan fingerprint density at radius 1 is 1.28 bits per heavy atom. The molecule has 0 atom stereocenters. The van der Waals surface area contributed by atoms with E-state index in [-0.39, 0.29) is 0 Å². The van der Waals surface area contributed by atoms with Gasteiger partial charge in [-0.2, -0.15) is 0 Å². The predicted molar refractivity (Wildman–Crippen MR) is 73.6 cm³/mol. The second-order valence-corrected chi connectivity index (χ2v) is 4.58. The molecule has 0 spiro atoms. The van der Waals surface area contributed by atoms with Gasteiger partial charge in [-0.25, -0.2) is 4.98 Å². The summed E-state index contributed by atoms with van der Waals surface area (Å²) in [5.74, 6) is 1.20. The molecule has 18 heavy (non-hydrogen) atoms. The molecule has 0 bridgehead atoms. The summed E-state index contributed by atoms with van der Waals surface area (Å²) < 4.78 is 2.14. The number of nitrogens with zero attached hydrogens (tertiary/aromatic N) is 2. The fraction of sp³-hybridized carbons (Fsp3) is 0.467. The SMILES string of the molecule is CCCCC(=O)Cc1nc2ccccc2n1CC. The van der Waals surface area contributed by atoms with E-state index < -0.39 is 0 Å². The van der Waals surface area contributed by atoms with Crippen molar-refractivity contribution in [2.45, 2.75) is 46.1 Å². The number of Topliss-reactive ketones (excluding diaryl/α,β-unsaturated/α-hetero) is 1. The predicted octanol–water partition coefficient (Wildman–Crippen LogP) is 3.36. The van der Waals surface area contributed by atoms with E-state index in [1.807, 2.05) is 18.2 Å². The average Bonchev–Trinajstić information content (AvgIpc) is 2.73. The third-order valence-electron chi connectivity index (χ3n) is 3.21. The van der Waals surface area contributed by atoms with E-state index in [0.29, 0.717) is 18.6 Å². The number of unbranched alkanes of at least 4 members (excludes halogenated alkanes) is 1. The van der Waals surface area contributed by atoms with Gasteiger partial charge >= 0.3 is 0 Å². The highest BCUT2D eigenvalue weighted by atomic mass is 16.1. The minimum Gasteiger partial charge on any atom is -0.328 e. The second-order valence-electron chi connectivity index (χ2n) is 4.58. The lowest BCUT2D eigenvalue weighted by molar-refractivity contribution is -0.118. The lowest BCUT2D eigenvalue weighted by Gasteiger charge is -2.05. The topological polar surface area (TPSA) is 34.9 Å². The molecule has 0 aliphatic heterocycles. The summed E-state index contributed by atoms with van der Waals surface area (Å²) in [6.45, 7) is 5.06. The van der Waals surface area contributed by atoms with Crippen LogP contribution in [-0.2, 0) is 17.8 Å². The zero-order valence-corrected chi connectivity index (χ0v) is 11.1. The molecule has 1 aromatic heterocycles. The molecule has 0 fully saturated rings. The summed E-state index contributed by atoms with van der Waals surface area (Å²) in [6, 6.07) is 8.06. The van der Waals surface area contributed by atoms with E-state index in [1.54, 1.807) is 0 Å². The molecule has 96 valence electrons. The Morgan fingerprint density at radius 2 is 2.06 bits per heavy atom. The van der Waals surface area contributed by atoms with Crippen LogP contribution in [0.15, 0.2) is 24.3 Å². The lowest BCUT2D eigenvalue weighted by atomic mass is 10.1. The first-order chi connectivity index (χ1) is 8.76. The third-order valence-corrected chi connectivity index (χ3v) is 3.21. The van der Waals surface area contributed by atoms with Crippen molar-refractivity contribution in [3.8, 4) is 0 Å². The molecule has 1 aromatic carbocycles. The maximum Gasteiger partial charge on any atom is 0.140 e. The summed E-state index contributed by atoms with van der Waals surface area (Å²) in [5, 5.41) is 0. The molecular formula is C15H20N2O. The first-order valence-corrected chi connectivity index (χ1v) is 6.72. The Morgan fingerprint density at radius 3 is 2.78 bits per heavy atom. The maximum absolute atomic E-state index is 11.9. The largest absolute Gasteiger partial charge is 0.328 e. The molecule has 2 aromatic rings. The normalized spacial score (nSPS) is 11.0. The summed E-state index contributed by atoms with van der Waals surface area (Å²) >= 11 is 0. The number of aryl methyl sites for hydroxylation is 1. The van der Waals surface area contributed by atoms with Crippen LogP contribution in [0.25, 0.3) is 11.0 Å². The highest BCUT2D eigenvalue weighted by Gasteiger charge is 2.12. The molecule has 3 nitrogen and oxygen atoms in total. The monoisotopic (exact) mass is 244 g/mol. The number of para-hydroxylation sites is 2. The first kappa shape index (κ1) is 12.8. The molecule has 0 aliphatic rings. The van der Waals surface area contributed by atoms with Crippen molar-refractivity contribution in [1.29, 1.82) is 0 Å². The van der Waals surface area contributed by atoms with Gasteiger partial charge in [-0.1, -0.05) is 25.5 Å². The van der Waals surface area contributed by atoms with Gasteiger partial charge in [0.2, 0.25) is 0 Å². The third kappa shape index (κ3) is 2.61. The Labute approximate surface area is 108 Å². The van der Waals surface area contributed by atoms with Crippen molar-refractivity contribution in [3.63, 3.8) is 0 Å². The van der Waals surface area contributed by atoms with Gasteiger partial charge in [-0.15, -0.1) is 0 Å². The Bertz CT molecular complexity index is 542. The molecule has 0 saturated carbocycles. The molecule has 0 N–H and O–H groups in total. The molecular weight excluding hydrogens is 224 g/mol. The molecule has 0 unspecified atom stereocenters. The van der Waals surface area contributed by atoms with E-state index >= 15 is 0 Å². The Balaban J connectivity index is 2.24.